The molecule has 0 aromatic heterocycles. The topological polar surface area (TPSA) is 35.5 Å². The molecule has 4 heteroatoms. The molecule has 1 atom stereocenters. The van der Waals surface area contributed by atoms with E-state index < -0.39 is 0 Å². The Balaban J connectivity index is 2.51. The lowest BCUT2D eigenvalue weighted by Crippen LogP contribution is -2.35. The number of ketones is 1. The van der Waals surface area contributed by atoms with Crippen molar-refractivity contribution in [3.63, 3.8) is 0 Å². The summed E-state index contributed by atoms with van der Waals surface area (Å²) >= 11 is 1.78. The molecular weight excluding hydrogens is 176 g/mol. The van der Waals surface area contributed by atoms with Gasteiger partial charge < -0.3 is 9.47 Å². The molecule has 0 aliphatic carbocycles. The van der Waals surface area contributed by atoms with Gasteiger partial charge in [-0.25, -0.2) is 0 Å². The molecule has 1 fully saturated rings. The first-order valence-corrected chi connectivity index (χ1v) is 5.11. The minimum Gasteiger partial charge on any atom is -0.355 e. The summed E-state index contributed by atoms with van der Waals surface area (Å²) in [6.07, 6.45) is 0.295. The minimum atomic E-state index is -0.356. The number of carbonyl (C=O) groups excluding carboxylic acids is 1. The van der Waals surface area contributed by atoms with Crippen LogP contribution < -0.4 is 0 Å². The smallest absolute Gasteiger partial charge is 0.167 e. The third kappa shape index (κ3) is 2.21. The third-order valence-corrected chi connectivity index (χ3v) is 3.08. The Labute approximate surface area is 76.8 Å². The second-order valence-corrected chi connectivity index (χ2v) is 3.89. The Hall–Kier alpha value is -0.0600. The summed E-state index contributed by atoms with van der Waals surface area (Å²) in [7, 11) is 3.14. The van der Waals surface area contributed by atoms with E-state index in [9.17, 15) is 4.79 Å². The Kier molecular flexibility index (Phi) is 4.05. The number of rotatable bonds is 3. The average Bonchev–Trinajstić information content (AvgIpc) is 2.10. The van der Waals surface area contributed by atoms with Crippen LogP contribution in [-0.4, -0.2) is 37.8 Å². The average molecular weight is 190 g/mol. The van der Waals surface area contributed by atoms with Gasteiger partial charge in [-0.2, -0.15) is 11.8 Å². The molecule has 1 aliphatic rings. The van der Waals surface area contributed by atoms with Crippen molar-refractivity contribution in [1.29, 1.82) is 0 Å². The van der Waals surface area contributed by atoms with Gasteiger partial charge in [0.25, 0.3) is 0 Å². The SMILES string of the molecule is COC(OC)C1CSCCC1=O. The first-order chi connectivity index (χ1) is 5.79. The Morgan fingerprint density at radius 2 is 2.17 bits per heavy atom. The van der Waals surface area contributed by atoms with Gasteiger partial charge in [-0.3, -0.25) is 4.79 Å². The van der Waals surface area contributed by atoms with Crippen molar-refractivity contribution in [3.05, 3.63) is 0 Å². The summed E-state index contributed by atoms with van der Waals surface area (Å²) in [6, 6.07) is 0. The van der Waals surface area contributed by atoms with Crippen molar-refractivity contribution in [1.82, 2.24) is 0 Å². The van der Waals surface area contributed by atoms with Crippen molar-refractivity contribution in [2.24, 2.45) is 5.92 Å². The summed E-state index contributed by atoms with van der Waals surface area (Å²) in [5.41, 5.74) is 0. The number of hydrogen-bond donors (Lipinski definition) is 0. The van der Waals surface area contributed by atoms with Crippen LogP contribution in [0.2, 0.25) is 0 Å². The largest absolute Gasteiger partial charge is 0.355 e. The molecule has 1 heterocycles. The Morgan fingerprint density at radius 3 is 2.67 bits per heavy atom. The molecule has 70 valence electrons. The zero-order valence-corrected chi connectivity index (χ0v) is 8.23. The highest BCUT2D eigenvalue weighted by molar-refractivity contribution is 7.99. The zero-order valence-electron chi connectivity index (χ0n) is 7.41. The molecule has 0 spiro atoms. The highest BCUT2D eigenvalue weighted by Gasteiger charge is 2.30. The van der Waals surface area contributed by atoms with Crippen LogP contribution in [0.5, 0.6) is 0 Å². The molecule has 0 aromatic rings. The third-order valence-electron chi connectivity index (χ3n) is 2.00. The van der Waals surface area contributed by atoms with Crippen molar-refractivity contribution >= 4 is 17.5 Å². The molecule has 12 heavy (non-hydrogen) atoms. The fraction of sp³-hybridized carbons (Fsp3) is 0.875. The lowest BCUT2D eigenvalue weighted by Gasteiger charge is -2.26. The van der Waals surface area contributed by atoms with E-state index in [4.69, 9.17) is 9.47 Å². The van der Waals surface area contributed by atoms with Crippen LogP contribution in [0, 0.1) is 5.92 Å². The highest BCUT2D eigenvalue weighted by atomic mass is 32.2. The lowest BCUT2D eigenvalue weighted by atomic mass is 10.0. The first-order valence-electron chi connectivity index (χ1n) is 3.95. The molecule has 0 amide bonds. The predicted octanol–water partition coefficient (Wildman–Crippen LogP) is 0.927. The van der Waals surface area contributed by atoms with Crippen LogP contribution in [0.15, 0.2) is 0 Å². The van der Waals surface area contributed by atoms with E-state index in [0.717, 1.165) is 11.5 Å². The van der Waals surface area contributed by atoms with Gasteiger partial charge in [0.2, 0.25) is 0 Å². The van der Waals surface area contributed by atoms with Gasteiger partial charge in [-0.05, 0) is 0 Å². The Morgan fingerprint density at radius 1 is 1.50 bits per heavy atom. The standard InChI is InChI=1S/C8H14O3S/c1-10-8(11-2)6-5-12-4-3-7(6)9/h6,8H,3-5H2,1-2H3. The van der Waals surface area contributed by atoms with Crippen LogP contribution in [0.4, 0.5) is 0 Å². The number of carbonyl (C=O) groups is 1. The number of Topliss-reactive ketones (excluding diaryl/α,β-unsaturated/α-hetero) is 1. The first kappa shape index (κ1) is 10.0. The summed E-state index contributed by atoms with van der Waals surface area (Å²) in [4.78, 5) is 11.4. The summed E-state index contributed by atoms with van der Waals surface area (Å²) in [5.74, 6) is 1.96. The van der Waals surface area contributed by atoms with Gasteiger partial charge in [0.15, 0.2) is 6.29 Å². The highest BCUT2D eigenvalue weighted by Crippen LogP contribution is 2.23. The molecule has 0 saturated carbocycles. The predicted molar refractivity (Wildman–Crippen MR) is 48.2 cm³/mol. The molecular formula is C8H14O3S. The minimum absolute atomic E-state index is 0.0706. The molecule has 1 rings (SSSR count). The maximum atomic E-state index is 11.4. The van der Waals surface area contributed by atoms with Crippen LogP contribution in [0.1, 0.15) is 6.42 Å². The van der Waals surface area contributed by atoms with Crippen molar-refractivity contribution in [3.8, 4) is 0 Å². The number of ether oxygens (including phenoxy) is 2. The van der Waals surface area contributed by atoms with Crippen LogP contribution >= 0.6 is 11.8 Å². The molecule has 1 unspecified atom stereocenters. The van der Waals surface area contributed by atoms with Gasteiger partial charge >= 0.3 is 0 Å². The van der Waals surface area contributed by atoms with Crippen molar-refractivity contribution < 1.29 is 14.3 Å². The molecule has 0 N–H and O–H groups in total. The zero-order chi connectivity index (χ0) is 8.97. The summed E-state index contributed by atoms with van der Waals surface area (Å²) in [5, 5.41) is 0. The summed E-state index contributed by atoms with van der Waals surface area (Å²) in [6.45, 7) is 0. The Bertz CT molecular complexity index is 156. The molecule has 0 bridgehead atoms. The van der Waals surface area contributed by atoms with Gasteiger partial charge in [0, 0.05) is 32.1 Å². The fourth-order valence-corrected chi connectivity index (χ4v) is 2.43. The van der Waals surface area contributed by atoms with Crippen LogP contribution in [0.3, 0.4) is 0 Å². The van der Waals surface area contributed by atoms with Gasteiger partial charge in [0.05, 0.1) is 5.92 Å². The second-order valence-electron chi connectivity index (χ2n) is 2.74. The van der Waals surface area contributed by atoms with E-state index in [0.29, 0.717) is 6.42 Å². The maximum absolute atomic E-state index is 11.4. The molecule has 0 aromatic carbocycles. The quantitative estimate of drug-likeness (QED) is 0.620. The van der Waals surface area contributed by atoms with Gasteiger partial charge in [-0.15, -0.1) is 0 Å². The maximum Gasteiger partial charge on any atom is 0.167 e. The van der Waals surface area contributed by atoms with E-state index in [-0.39, 0.29) is 18.0 Å². The van der Waals surface area contributed by atoms with E-state index >= 15 is 0 Å². The monoisotopic (exact) mass is 190 g/mol. The van der Waals surface area contributed by atoms with Crippen molar-refractivity contribution in [2.45, 2.75) is 12.7 Å². The second kappa shape index (κ2) is 4.84. The number of thioether (sulfide) groups is 1. The molecule has 0 radical (unpaired) electrons. The molecule has 1 aliphatic heterocycles. The van der Waals surface area contributed by atoms with Crippen LogP contribution in [0.25, 0.3) is 0 Å². The lowest BCUT2D eigenvalue weighted by molar-refractivity contribution is -0.153. The van der Waals surface area contributed by atoms with E-state index in [1.165, 1.54) is 0 Å². The van der Waals surface area contributed by atoms with E-state index in [1.807, 2.05) is 0 Å². The summed E-state index contributed by atoms with van der Waals surface area (Å²) < 4.78 is 10.1. The fourth-order valence-electron chi connectivity index (χ4n) is 1.32. The molecule has 1 saturated heterocycles. The molecule has 3 nitrogen and oxygen atoms in total. The van der Waals surface area contributed by atoms with E-state index in [1.54, 1.807) is 26.0 Å². The normalized spacial score (nSPS) is 24.9. The van der Waals surface area contributed by atoms with Crippen LogP contribution in [-0.2, 0) is 14.3 Å². The number of methoxy groups -OCH3 is 2. The number of hydrogen-bond acceptors (Lipinski definition) is 4. The van der Waals surface area contributed by atoms with Gasteiger partial charge in [-0.1, -0.05) is 0 Å². The van der Waals surface area contributed by atoms with E-state index in [2.05, 4.69) is 0 Å². The van der Waals surface area contributed by atoms with Crippen molar-refractivity contribution in [2.75, 3.05) is 25.7 Å². The van der Waals surface area contributed by atoms with Gasteiger partial charge in [0.1, 0.15) is 5.78 Å².